The van der Waals surface area contributed by atoms with E-state index in [2.05, 4.69) is 20.8 Å². The highest BCUT2D eigenvalue weighted by Gasteiger charge is 2.07. The lowest BCUT2D eigenvalue weighted by atomic mass is 10.2. The Morgan fingerprint density at radius 1 is 1.14 bits per heavy atom. The van der Waals surface area contributed by atoms with Gasteiger partial charge < -0.3 is 5.32 Å². The predicted molar refractivity (Wildman–Crippen MR) is 119 cm³/mol. The fraction of sp³-hybridized carbons (Fsp3) is 0.136. The van der Waals surface area contributed by atoms with Crippen molar-refractivity contribution >= 4 is 34.7 Å². The molecule has 2 aromatic carbocycles. The normalized spacial score (nSPS) is 10.8. The first-order valence-electron chi connectivity index (χ1n) is 9.17. The van der Waals surface area contributed by atoms with Crippen molar-refractivity contribution in [3.8, 4) is 0 Å². The first kappa shape index (κ1) is 19.4. The summed E-state index contributed by atoms with van der Waals surface area (Å²) in [4.78, 5) is 18.1. The van der Waals surface area contributed by atoms with E-state index in [4.69, 9.17) is 0 Å². The lowest BCUT2D eigenvalue weighted by Crippen LogP contribution is -2.11. The molecule has 2 heterocycles. The van der Waals surface area contributed by atoms with Crippen molar-refractivity contribution in [3.63, 3.8) is 0 Å². The number of benzene rings is 2. The molecular formula is C22H20N4OS2. The molecule has 29 heavy (non-hydrogen) atoms. The summed E-state index contributed by atoms with van der Waals surface area (Å²) in [7, 11) is 0. The minimum Gasteiger partial charge on any atom is -0.322 e. The lowest BCUT2D eigenvalue weighted by Gasteiger charge is -2.08. The van der Waals surface area contributed by atoms with Gasteiger partial charge in [0.05, 0.1) is 17.2 Å². The minimum atomic E-state index is -0.114. The molecule has 7 heteroatoms. The molecule has 4 rings (SSSR count). The van der Waals surface area contributed by atoms with Crippen LogP contribution in [0.3, 0.4) is 0 Å². The molecule has 0 saturated carbocycles. The van der Waals surface area contributed by atoms with Crippen molar-refractivity contribution < 1.29 is 4.79 Å². The van der Waals surface area contributed by atoms with Gasteiger partial charge in [-0.15, -0.1) is 23.1 Å². The number of carbonyl (C=O) groups is 1. The number of anilines is 1. The van der Waals surface area contributed by atoms with Gasteiger partial charge >= 0.3 is 0 Å². The number of amides is 1. The molecule has 0 fully saturated rings. The van der Waals surface area contributed by atoms with E-state index in [-0.39, 0.29) is 5.91 Å². The van der Waals surface area contributed by atoms with Crippen LogP contribution in [-0.2, 0) is 12.3 Å². The molecule has 5 nitrogen and oxygen atoms in total. The maximum Gasteiger partial charge on any atom is 0.255 e. The number of thiazole rings is 1. The number of carbonyl (C=O) groups excluding carboxylic acids is 1. The largest absolute Gasteiger partial charge is 0.322 e. The van der Waals surface area contributed by atoms with E-state index in [0.29, 0.717) is 12.1 Å². The molecule has 4 aromatic rings. The van der Waals surface area contributed by atoms with Crippen molar-refractivity contribution in [2.45, 2.75) is 24.1 Å². The molecule has 0 aliphatic carbocycles. The summed E-state index contributed by atoms with van der Waals surface area (Å²) in [6.07, 6.45) is 3.69. The number of nitrogens with zero attached hydrogens (tertiary/aromatic N) is 3. The molecule has 0 radical (unpaired) electrons. The topological polar surface area (TPSA) is 59.8 Å². The number of rotatable bonds is 7. The predicted octanol–water partition coefficient (Wildman–Crippen LogP) is 5.24. The molecule has 0 unspecified atom stereocenters. The molecule has 0 saturated heterocycles. The summed E-state index contributed by atoms with van der Waals surface area (Å²) in [5, 5.41) is 10.3. The Bertz CT molecular complexity index is 1070. The van der Waals surface area contributed by atoms with Crippen molar-refractivity contribution in [2.75, 3.05) is 5.32 Å². The Morgan fingerprint density at radius 3 is 2.59 bits per heavy atom. The minimum absolute atomic E-state index is 0.114. The first-order valence-corrected chi connectivity index (χ1v) is 11.0. The van der Waals surface area contributed by atoms with E-state index in [1.54, 1.807) is 29.3 Å². The molecule has 1 amide bonds. The lowest BCUT2D eigenvalue weighted by molar-refractivity contribution is 0.102. The second kappa shape index (κ2) is 9.07. The summed E-state index contributed by atoms with van der Waals surface area (Å²) in [5.74, 6) is 0.720. The molecule has 2 aromatic heterocycles. The van der Waals surface area contributed by atoms with Gasteiger partial charge in [0.25, 0.3) is 5.91 Å². The van der Waals surface area contributed by atoms with Crippen LogP contribution in [0, 0.1) is 6.92 Å². The number of hydrogen-bond donors (Lipinski definition) is 1. The highest BCUT2D eigenvalue weighted by Crippen LogP contribution is 2.24. The van der Waals surface area contributed by atoms with Crippen molar-refractivity contribution in [2.24, 2.45) is 0 Å². The zero-order valence-electron chi connectivity index (χ0n) is 15.9. The van der Waals surface area contributed by atoms with Gasteiger partial charge in [-0.1, -0.05) is 12.1 Å². The number of nitrogens with one attached hydrogen (secondary N) is 1. The second-order valence-electron chi connectivity index (χ2n) is 6.53. The van der Waals surface area contributed by atoms with E-state index < -0.39 is 0 Å². The third-order valence-corrected chi connectivity index (χ3v) is 6.15. The second-order valence-corrected chi connectivity index (χ2v) is 8.64. The maximum atomic E-state index is 12.5. The Morgan fingerprint density at radius 2 is 1.93 bits per heavy atom. The molecule has 0 aliphatic heterocycles. The monoisotopic (exact) mass is 420 g/mol. The van der Waals surface area contributed by atoms with Crippen LogP contribution in [-0.4, -0.2) is 20.7 Å². The van der Waals surface area contributed by atoms with E-state index >= 15 is 0 Å². The summed E-state index contributed by atoms with van der Waals surface area (Å²) in [6, 6.07) is 17.4. The van der Waals surface area contributed by atoms with Crippen LogP contribution in [0.1, 0.15) is 26.6 Å². The van der Waals surface area contributed by atoms with Gasteiger partial charge in [-0.2, -0.15) is 5.10 Å². The molecular weight excluding hydrogens is 400 g/mol. The van der Waals surface area contributed by atoms with Gasteiger partial charge in [0.1, 0.15) is 0 Å². The summed E-state index contributed by atoms with van der Waals surface area (Å²) >= 11 is 3.39. The Hall–Kier alpha value is -2.90. The molecule has 1 N–H and O–H groups in total. The number of hydrogen-bond acceptors (Lipinski definition) is 5. The number of aromatic nitrogens is 3. The van der Waals surface area contributed by atoms with Gasteiger partial charge in [0.2, 0.25) is 0 Å². The number of aryl methyl sites for hydroxylation is 1. The SMILES string of the molecule is Cc1nc(CSc2ccc(C(=O)Nc3ccc(Cn4cccn4)cc3)cc2)cs1. The smallest absolute Gasteiger partial charge is 0.255 e. The van der Waals surface area contributed by atoms with Gasteiger partial charge in [-0.3, -0.25) is 9.48 Å². The maximum absolute atomic E-state index is 12.5. The molecule has 0 bridgehead atoms. The van der Waals surface area contributed by atoms with Gasteiger partial charge in [0.15, 0.2) is 0 Å². The van der Waals surface area contributed by atoms with Crippen molar-refractivity contribution in [3.05, 3.63) is 94.2 Å². The van der Waals surface area contributed by atoms with E-state index in [1.807, 2.05) is 72.4 Å². The van der Waals surface area contributed by atoms with Crippen LogP contribution >= 0.6 is 23.1 Å². The van der Waals surface area contributed by atoms with E-state index in [1.165, 1.54) is 0 Å². The molecule has 0 aliphatic rings. The first-order chi connectivity index (χ1) is 14.2. The summed E-state index contributed by atoms with van der Waals surface area (Å²) in [5.41, 5.74) is 3.63. The Kier molecular flexibility index (Phi) is 6.07. The van der Waals surface area contributed by atoms with Crippen molar-refractivity contribution in [1.29, 1.82) is 0 Å². The zero-order chi connectivity index (χ0) is 20.1. The third-order valence-electron chi connectivity index (χ3n) is 4.29. The average molecular weight is 421 g/mol. The summed E-state index contributed by atoms with van der Waals surface area (Å²) in [6.45, 7) is 2.72. The third kappa shape index (κ3) is 5.34. The van der Waals surface area contributed by atoms with Crippen LogP contribution < -0.4 is 5.32 Å². The molecule has 0 spiro atoms. The summed E-state index contributed by atoms with van der Waals surface area (Å²) < 4.78 is 1.86. The Balaban J connectivity index is 1.32. The van der Waals surface area contributed by atoms with Crippen LogP contribution in [0.15, 0.2) is 77.3 Å². The van der Waals surface area contributed by atoms with Crippen LogP contribution in [0.4, 0.5) is 5.69 Å². The van der Waals surface area contributed by atoms with Gasteiger partial charge in [-0.05, 0) is 55.0 Å². The average Bonchev–Trinajstić information content (AvgIpc) is 3.40. The van der Waals surface area contributed by atoms with Crippen LogP contribution in [0.2, 0.25) is 0 Å². The van der Waals surface area contributed by atoms with Crippen LogP contribution in [0.5, 0.6) is 0 Å². The van der Waals surface area contributed by atoms with Gasteiger partial charge in [-0.25, -0.2) is 4.98 Å². The van der Waals surface area contributed by atoms with Gasteiger partial charge in [0, 0.05) is 39.7 Å². The fourth-order valence-electron chi connectivity index (χ4n) is 2.81. The standard InChI is InChI=1S/C22H20N4OS2/c1-16-24-20(14-28-16)15-29-21-9-5-18(6-10-21)22(27)25-19-7-3-17(4-8-19)13-26-12-2-11-23-26/h2-12,14H,13,15H2,1H3,(H,25,27). The van der Waals surface area contributed by atoms with E-state index in [0.717, 1.165) is 32.6 Å². The van der Waals surface area contributed by atoms with Crippen LogP contribution in [0.25, 0.3) is 0 Å². The number of thioether (sulfide) groups is 1. The quantitative estimate of drug-likeness (QED) is 0.415. The fourth-order valence-corrected chi connectivity index (χ4v) is 4.32. The Labute approximate surface area is 177 Å². The highest BCUT2D eigenvalue weighted by atomic mass is 32.2. The molecule has 0 atom stereocenters. The zero-order valence-corrected chi connectivity index (χ0v) is 17.5. The van der Waals surface area contributed by atoms with Crippen molar-refractivity contribution in [1.82, 2.24) is 14.8 Å². The van der Waals surface area contributed by atoms with E-state index in [9.17, 15) is 4.79 Å². The highest BCUT2D eigenvalue weighted by molar-refractivity contribution is 7.98. The molecule has 146 valence electrons.